The molecule has 2 rings (SSSR count). The van der Waals surface area contributed by atoms with Gasteiger partial charge in [-0.3, -0.25) is 14.5 Å². The second-order valence-electron chi connectivity index (χ2n) is 6.82. The molecular formula is C19H29ClN4O4. The number of carbonyl (C=O) groups is 3. The molecule has 1 aliphatic rings. The van der Waals surface area contributed by atoms with Crippen LogP contribution in [0, 0.1) is 0 Å². The summed E-state index contributed by atoms with van der Waals surface area (Å²) in [5.41, 5.74) is 5.08. The molecule has 1 saturated heterocycles. The highest BCUT2D eigenvalue weighted by atomic mass is 35.5. The van der Waals surface area contributed by atoms with Gasteiger partial charge in [0.15, 0.2) is 0 Å². The number of hydrogen-bond donors (Lipinski definition) is 3. The lowest BCUT2D eigenvalue weighted by molar-refractivity contribution is -0.135. The van der Waals surface area contributed by atoms with E-state index in [0.29, 0.717) is 17.9 Å². The number of hydrogen-bond acceptors (Lipinski definition) is 5. The van der Waals surface area contributed by atoms with Crippen LogP contribution in [-0.2, 0) is 15.1 Å². The number of methoxy groups -OCH3 is 1. The molecule has 0 aliphatic carbocycles. The minimum atomic E-state index is -1.22. The lowest BCUT2D eigenvalue weighted by atomic mass is 9.92. The van der Waals surface area contributed by atoms with Crippen molar-refractivity contribution in [2.24, 2.45) is 5.73 Å². The number of urea groups is 1. The quantitative estimate of drug-likeness (QED) is 0.532. The van der Waals surface area contributed by atoms with E-state index in [4.69, 9.17) is 10.5 Å². The number of benzene rings is 1. The fraction of sp³-hybridized carbons (Fsp3) is 0.526. The number of carbonyl (C=O) groups excluding carboxylic acids is 3. The van der Waals surface area contributed by atoms with E-state index in [2.05, 4.69) is 17.6 Å². The molecule has 1 aliphatic heterocycles. The fourth-order valence-corrected chi connectivity index (χ4v) is 3.08. The van der Waals surface area contributed by atoms with Gasteiger partial charge in [0.05, 0.1) is 7.11 Å². The summed E-state index contributed by atoms with van der Waals surface area (Å²) in [6.45, 7) is 3.66. The number of nitrogens with two attached hydrogens (primary N) is 1. The molecule has 0 bridgehead atoms. The van der Waals surface area contributed by atoms with Gasteiger partial charge in [-0.05, 0) is 31.0 Å². The van der Waals surface area contributed by atoms with Gasteiger partial charge in [0.2, 0.25) is 5.91 Å². The third kappa shape index (κ3) is 5.14. The Labute approximate surface area is 171 Å². The molecule has 1 aromatic carbocycles. The van der Waals surface area contributed by atoms with Crippen LogP contribution in [0.5, 0.6) is 5.75 Å². The van der Waals surface area contributed by atoms with Gasteiger partial charge in [-0.2, -0.15) is 0 Å². The largest absolute Gasteiger partial charge is 0.497 e. The smallest absolute Gasteiger partial charge is 0.325 e. The summed E-state index contributed by atoms with van der Waals surface area (Å²) in [4.78, 5) is 38.4. The van der Waals surface area contributed by atoms with Gasteiger partial charge in [0.25, 0.3) is 5.91 Å². The van der Waals surface area contributed by atoms with Crippen molar-refractivity contribution in [1.82, 2.24) is 15.5 Å². The minimum absolute atomic E-state index is 0. The maximum atomic E-state index is 12.9. The summed E-state index contributed by atoms with van der Waals surface area (Å²) in [6, 6.07) is 6.12. The molecule has 8 nitrogen and oxygen atoms in total. The summed E-state index contributed by atoms with van der Waals surface area (Å²) in [6.07, 6.45) is 2.71. The summed E-state index contributed by atoms with van der Waals surface area (Å²) in [7, 11) is 1.55. The van der Waals surface area contributed by atoms with Crippen LogP contribution in [0.25, 0.3) is 0 Å². The Morgan fingerprint density at radius 1 is 1.32 bits per heavy atom. The normalized spacial score (nSPS) is 19.6. The maximum absolute atomic E-state index is 12.9. The Morgan fingerprint density at radius 3 is 2.50 bits per heavy atom. The highest BCUT2D eigenvalue weighted by Crippen LogP contribution is 2.29. The standard InChI is InChI=1S/C19H28N4O4.ClH/c1-4-5-6-14(11-20)21-16(24)12-23-17(25)19(2,22-18(23)26)13-7-9-15(27-3)10-8-13;/h7-10,14H,4-6,11-12,20H2,1-3H3,(H,21,24)(H,22,26);1H. The molecule has 2 unspecified atom stereocenters. The van der Waals surface area contributed by atoms with E-state index in [1.807, 2.05) is 0 Å². The van der Waals surface area contributed by atoms with E-state index >= 15 is 0 Å². The summed E-state index contributed by atoms with van der Waals surface area (Å²) in [5, 5.41) is 5.48. The van der Waals surface area contributed by atoms with Crippen LogP contribution >= 0.6 is 12.4 Å². The topological polar surface area (TPSA) is 114 Å². The first-order valence-corrected chi connectivity index (χ1v) is 9.13. The molecule has 9 heteroatoms. The molecule has 1 fully saturated rings. The summed E-state index contributed by atoms with van der Waals surface area (Å²) in [5.74, 6) is -0.218. The average molecular weight is 413 g/mol. The van der Waals surface area contributed by atoms with Crippen molar-refractivity contribution in [3.05, 3.63) is 29.8 Å². The highest BCUT2D eigenvalue weighted by Gasteiger charge is 2.49. The number of amides is 4. The molecule has 0 aromatic heterocycles. The first-order chi connectivity index (χ1) is 12.8. The van der Waals surface area contributed by atoms with Crippen molar-refractivity contribution in [1.29, 1.82) is 0 Å². The summed E-state index contributed by atoms with van der Waals surface area (Å²) >= 11 is 0. The molecule has 2 atom stereocenters. The predicted octanol–water partition coefficient (Wildman–Crippen LogP) is 1.52. The van der Waals surface area contributed by atoms with Crippen LogP contribution in [0.2, 0.25) is 0 Å². The lowest BCUT2D eigenvalue weighted by Crippen LogP contribution is -2.47. The Bertz CT molecular complexity index is 698. The molecule has 4 N–H and O–H groups in total. The third-order valence-corrected chi connectivity index (χ3v) is 4.80. The SMILES string of the molecule is CCCCC(CN)NC(=O)CN1C(=O)NC(C)(c2ccc(OC)cc2)C1=O.Cl. The molecule has 156 valence electrons. The van der Waals surface area contributed by atoms with Crippen molar-refractivity contribution in [2.45, 2.75) is 44.7 Å². The highest BCUT2D eigenvalue weighted by molar-refractivity contribution is 6.09. The van der Waals surface area contributed by atoms with Gasteiger partial charge in [-0.25, -0.2) is 4.79 Å². The van der Waals surface area contributed by atoms with E-state index < -0.39 is 23.4 Å². The van der Waals surface area contributed by atoms with Gasteiger partial charge in [-0.15, -0.1) is 12.4 Å². The molecule has 1 aromatic rings. The van der Waals surface area contributed by atoms with Crippen LogP contribution in [0.15, 0.2) is 24.3 Å². The lowest BCUT2D eigenvalue weighted by Gasteiger charge is -2.23. The van der Waals surface area contributed by atoms with Crippen LogP contribution in [0.1, 0.15) is 38.7 Å². The monoisotopic (exact) mass is 412 g/mol. The molecule has 0 spiro atoms. The number of halogens is 1. The number of ether oxygens (including phenoxy) is 1. The molecule has 0 radical (unpaired) electrons. The first-order valence-electron chi connectivity index (χ1n) is 9.13. The molecule has 1 heterocycles. The zero-order chi connectivity index (χ0) is 20.0. The third-order valence-electron chi connectivity index (χ3n) is 4.80. The zero-order valence-electron chi connectivity index (χ0n) is 16.5. The Balaban J connectivity index is 0.00000392. The second-order valence-corrected chi connectivity index (χ2v) is 6.82. The minimum Gasteiger partial charge on any atom is -0.497 e. The molecule has 0 saturated carbocycles. The van der Waals surface area contributed by atoms with Crippen LogP contribution < -0.4 is 21.1 Å². The van der Waals surface area contributed by atoms with Gasteiger partial charge in [-0.1, -0.05) is 31.9 Å². The maximum Gasteiger partial charge on any atom is 0.325 e. The number of rotatable bonds is 9. The zero-order valence-corrected chi connectivity index (χ0v) is 17.3. The Hall–Kier alpha value is -2.32. The van der Waals surface area contributed by atoms with E-state index in [9.17, 15) is 14.4 Å². The van der Waals surface area contributed by atoms with Crippen LogP contribution in [0.3, 0.4) is 0 Å². The predicted molar refractivity (Wildman–Crippen MR) is 108 cm³/mol. The second kappa shape index (κ2) is 10.3. The van der Waals surface area contributed by atoms with Crippen molar-refractivity contribution in [3.63, 3.8) is 0 Å². The van der Waals surface area contributed by atoms with Gasteiger partial charge in [0, 0.05) is 12.6 Å². The van der Waals surface area contributed by atoms with Crippen molar-refractivity contribution < 1.29 is 19.1 Å². The average Bonchev–Trinajstić information content (AvgIpc) is 2.89. The fourth-order valence-electron chi connectivity index (χ4n) is 3.08. The van der Waals surface area contributed by atoms with Crippen LogP contribution in [-0.4, -0.2) is 49.0 Å². The van der Waals surface area contributed by atoms with Gasteiger partial charge >= 0.3 is 6.03 Å². The number of unbranched alkanes of at least 4 members (excludes halogenated alkanes) is 1. The van der Waals surface area contributed by atoms with E-state index in [1.165, 1.54) is 0 Å². The van der Waals surface area contributed by atoms with E-state index in [-0.39, 0.29) is 25.0 Å². The van der Waals surface area contributed by atoms with Crippen molar-refractivity contribution >= 4 is 30.3 Å². The van der Waals surface area contributed by atoms with Gasteiger partial charge in [0.1, 0.15) is 17.8 Å². The van der Waals surface area contributed by atoms with E-state index in [0.717, 1.165) is 24.2 Å². The van der Waals surface area contributed by atoms with Gasteiger partial charge < -0.3 is 21.1 Å². The molecule has 4 amide bonds. The Morgan fingerprint density at radius 2 is 1.96 bits per heavy atom. The number of nitrogens with zero attached hydrogens (tertiary/aromatic N) is 1. The number of nitrogens with one attached hydrogen (secondary N) is 2. The van der Waals surface area contributed by atoms with E-state index in [1.54, 1.807) is 38.3 Å². The van der Waals surface area contributed by atoms with Crippen molar-refractivity contribution in [2.75, 3.05) is 20.2 Å². The Kier molecular flexibility index (Phi) is 8.71. The summed E-state index contributed by atoms with van der Waals surface area (Å²) < 4.78 is 5.12. The molecular weight excluding hydrogens is 384 g/mol. The first kappa shape index (κ1) is 23.7. The van der Waals surface area contributed by atoms with Crippen LogP contribution in [0.4, 0.5) is 4.79 Å². The number of imide groups is 1. The van der Waals surface area contributed by atoms with Crippen molar-refractivity contribution in [3.8, 4) is 5.75 Å². The molecule has 28 heavy (non-hydrogen) atoms.